The number of rotatable bonds is 10. The lowest BCUT2D eigenvalue weighted by Gasteiger charge is -2.07. The van der Waals surface area contributed by atoms with Crippen LogP contribution in [-0.2, 0) is 4.79 Å². The predicted octanol–water partition coefficient (Wildman–Crippen LogP) is 2.69. The standard InChI is InChI=1S/C15H24N2O2S/c1-20-11-5-3-2-4-10-17-15(18)12-19-14-8-6-13(16)7-9-14/h6-9H,2-5,10-12,16H2,1H3,(H,17,18). The number of unbranched alkanes of at least 4 members (excludes halogenated alkanes) is 3. The van der Waals surface area contributed by atoms with Gasteiger partial charge in [0.2, 0.25) is 0 Å². The van der Waals surface area contributed by atoms with E-state index >= 15 is 0 Å². The average Bonchev–Trinajstić information content (AvgIpc) is 2.46. The molecule has 0 atom stereocenters. The Morgan fingerprint density at radius 1 is 1.20 bits per heavy atom. The van der Waals surface area contributed by atoms with Crippen molar-refractivity contribution in [3.63, 3.8) is 0 Å². The molecule has 20 heavy (non-hydrogen) atoms. The van der Waals surface area contributed by atoms with Crippen molar-refractivity contribution in [2.24, 2.45) is 0 Å². The molecule has 1 aromatic rings. The molecule has 5 heteroatoms. The molecule has 0 aliphatic heterocycles. The van der Waals surface area contributed by atoms with Gasteiger partial charge in [-0.15, -0.1) is 0 Å². The van der Waals surface area contributed by atoms with Gasteiger partial charge >= 0.3 is 0 Å². The minimum absolute atomic E-state index is 0.0520. The number of amides is 1. The highest BCUT2D eigenvalue weighted by molar-refractivity contribution is 7.98. The smallest absolute Gasteiger partial charge is 0.257 e. The van der Waals surface area contributed by atoms with Crippen molar-refractivity contribution in [3.8, 4) is 5.75 Å². The monoisotopic (exact) mass is 296 g/mol. The molecule has 1 rings (SSSR count). The Bertz CT molecular complexity index is 382. The molecule has 0 unspecified atom stereocenters. The van der Waals surface area contributed by atoms with Crippen LogP contribution in [0.1, 0.15) is 25.7 Å². The van der Waals surface area contributed by atoms with Gasteiger partial charge in [0.05, 0.1) is 0 Å². The highest BCUT2D eigenvalue weighted by Gasteiger charge is 2.01. The number of carbonyl (C=O) groups is 1. The Balaban J connectivity index is 2.01. The second kappa shape index (κ2) is 10.4. The van der Waals surface area contributed by atoms with Gasteiger partial charge < -0.3 is 15.8 Å². The van der Waals surface area contributed by atoms with Crippen LogP contribution in [-0.4, -0.2) is 31.1 Å². The molecule has 4 nitrogen and oxygen atoms in total. The molecule has 0 saturated heterocycles. The quantitative estimate of drug-likeness (QED) is 0.515. The molecule has 0 fully saturated rings. The second-order valence-electron chi connectivity index (χ2n) is 4.61. The summed E-state index contributed by atoms with van der Waals surface area (Å²) < 4.78 is 5.36. The van der Waals surface area contributed by atoms with Gasteiger partial charge in [-0.05, 0) is 49.1 Å². The first-order valence-electron chi connectivity index (χ1n) is 6.96. The van der Waals surface area contributed by atoms with Gasteiger partial charge in [0, 0.05) is 12.2 Å². The maximum atomic E-state index is 11.6. The van der Waals surface area contributed by atoms with Crippen LogP contribution in [0.5, 0.6) is 5.75 Å². The first-order valence-corrected chi connectivity index (χ1v) is 8.35. The van der Waals surface area contributed by atoms with Crippen LogP contribution >= 0.6 is 11.8 Å². The summed E-state index contributed by atoms with van der Waals surface area (Å²) in [4.78, 5) is 11.6. The van der Waals surface area contributed by atoms with Gasteiger partial charge in [-0.3, -0.25) is 4.79 Å². The Morgan fingerprint density at radius 3 is 2.60 bits per heavy atom. The molecule has 1 amide bonds. The van der Waals surface area contributed by atoms with E-state index in [1.807, 2.05) is 11.8 Å². The first-order chi connectivity index (χ1) is 9.72. The summed E-state index contributed by atoms with van der Waals surface area (Å²) in [5, 5.41) is 2.86. The number of thioether (sulfide) groups is 1. The molecule has 0 aliphatic carbocycles. The third kappa shape index (κ3) is 7.94. The molecule has 1 aromatic carbocycles. The summed E-state index contributed by atoms with van der Waals surface area (Å²) in [7, 11) is 0. The van der Waals surface area contributed by atoms with Crippen LogP contribution in [0.3, 0.4) is 0 Å². The van der Waals surface area contributed by atoms with E-state index in [4.69, 9.17) is 10.5 Å². The lowest BCUT2D eigenvalue weighted by atomic mass is 10.2. The SMILES string of the molecule is CSCCCCCCNC(=O)COc1ccc(N)cc1. The molecule has 0 aromatic heterocycles. The van der Waals surface area contributed by atoms with Gasteiger partial charge in [0.25, 0.3) is 5.91 Å². The maximum Gasteiger partial charge on any atom is 0.257 e. The minimum Gasteiger partial charge on any atom is -0.484 e. The van der Waals surface area contributed by atoms with Gasteiger partial charge in [0.15, 0.2) is 6.61 Å². The fraction of sp³-hybridized carbons (Fsp3) is 0.533. The molecule has 112 valence electrons. The lowest BCUT2D eigenvalue weighted by molar-refractivity contribution is -0.123. The van der Waals surface area contributed by atoms with Crippen LogP contribution in [0.15, 0.2) is 24.3 Å². The molecule has 0 radical (unpaired) electrons. The maximum absolute atomic E-state index is 11.6. The van der Waals surface area contributed by atoms with Crippen molar-refractivity contribution in [1.82, 2.24) is 5.32 Å². The summed E-state index contributed by atoms with van der Waals surface area (Å²) in [6.07, 6.45) is 6.82. The highest BCUT2D eigenvalue weighted by Crippen LogP contribution is 2.12. The van der Waals surface area contributed by atoms with Crippen LogP contribution < -0.4 is 15.8 Å². The zero-order valence-electron chi connectivity index (χ0n) is 12.1. The van der Waals surface area contributed by atoms with E-state index in [9.17, 15) is 4.79 Å². The van der Waals surface area contributed by atoms with Gasteiger partial charge in [0.1, 0.15) is 5.75 Å². The first kappa shape index (κ1) is 16.7. The highest BCUT2D eigenvalue weighted by atomic mass is 32.2. The molecular weight excluding hydrogens is 272 g/mol. The Morgan fingerprint density at radius 2 is 1.90 bits per heavy atom. The van der Waals surface area contributed by atoms with E-state index in [0.717, 1.165) is 13.0 Å². The number of anilines is 1. The van der Waals surface area contributed by atoms with Crippen LogP contribution in [0.2, 0.25) is 0 Å². The fourth-order valence-corrected chi connectivity index (χ4v) is 2.21. The Labute approximate surface area is 125 Å². The van der Waals surface area contributed by atoms with Crippen LogP contribution in [0.25, 0.3) is 0 Å². The summed E-state index contributed by atoms with van der Waals surface area (Å²) in [6, 6.07) is 7.02. The van der Waals surface area contributed by atoms with Crippen molar-refractivity contribution in [1.29, 1.82) is 0 Å². The van der Waals surface area contributed by atoms with Crippen LogP contribution in [0.4, 0.5) is 5.69 Å². The van der Waals surface area contributed by atoms with Gasteiger partial charge in [-0.2, -0.15) is 11.8 Å². The number of nitrogens with two attached hydrogens (primary N) is 1. The van der Waals surface area contributed by atoms with Crippen molar-refractivity contribution in [3.05, 3.63) is 24.3 Å². The normalized spacial score (nSPS) is 10.2. The molecule has 0 saturated carbocycles. The molecule has 0 heterocycles. The molecule has 3 N–H and O–H groups in total. The van der Waals surface area contributed by atoms with Crippen molar-refractivity contribution < 1.29 is 9.53 Å². The number of benzene rings is 1. The van der Waals surface area contributed by atoms with E-state index < -0.39 is 0 Å². The Kier molecular flexibility index (Phi) is 8.71. The van der Waals surface area contributed by atoms with Crippen LogP contribution in [0, 0.1) is 0 Å². The third-order valence-corrected chi connectivity index (χ3v) is 3.54. The number of hydrogen-bond acceptors (Lipinski definition) is 4. The zero-order valence-corrected chi connectivity index (χ0v) is 12.9. The molecule has 0 aliphatic rings. The zero-order chi connectivity index (χ0) is 14.6. The number of nitrogen functional groups attached to an aromatic ring is 1. The fourth-order valence-electron chi connectivity index (χ4n) is 1.72. The molecule has 0 spiro atoms. The van der Waals surface area contributed by atoms with Gasteiger partial charge in [-0.1, -0.05) is 12.8 Å². The second-order valence-corrected chi connectivity index (χ2v) is 5.60. The van der Waals surface area contributed by atoms with Crippen molar-refractivity contribution >= 4 is 23.4 Å². The topological polar surface area (TPSA) is 64.3 Å². The summed E-state index contributed by atoms with van der Waals surface area (Å²) >= 11 is 1.88. The summed E-state index contributed by atoms with van der Waals surface area (Å²) in [5.74, 6) is 1.80. The largest absolute Gasteiger partial charge is 0.484 e. The van der Waals surface area contributed by atoms with Crippen molar-refractivity contribution in [2.45, 2.75) is 25.7 Å². The molecular formula is C15H24N2O2S. The minimum atomic E-state index is -0.0778. The van der Waals surface area contributed by atoms with E-state index in [-0.39, 0.29) is 12.5 Å². The van der Waals surface area contributed by atoms with E-state index in [1.165, 1.54) is 25.0 Å². The molecule has 0 bridgehead atoms. The summed E-state index contributed by atoms with van der Waals surface area (Å²) in [5.41, 5.74) is 6.25. The third-order valence-electron chi connectivity index (χ3n) is 2.85. The number of ether oxygens (including phenoxy) is 1. The average molecular weight is 296 g/mol. The van der Waals surface area contributed by atoms with E-state index in [1.54, 1.807) is 24.3 Å². The predicted molar refractivity (Wildman–Crippen MR) is 86.2 cm³/mol. The van der Waals surface area contributed by atoms with Gasteiger partial charge in [-0.25, -0.2) is 0 Å². The van der Waals surface area contributed by atoms with Crippen molar-refractivity contribution in [2.75, 3.05) is 30.9 Å². The van der Waals surface area contributed by atoms with E-state index in [2.05, 4.69) is 11.6 Å². The number of hydrogen-bond donors (Lipinski definition) is 2. The lowest BCUT2D eigenvalue weighted by Crippen LogP contribution is -2.29. The summed E-state index contributed by atoms with van der Waals surface area (Å²) in [6.45, 7) is 0.777. The van der Waals surface area contributed by atoms with E-state index in [0.29, 0.717) is 11.4 Å². The number of carbonyl (C=O) groups excluding carboxylic acids is 1. The number of nitrogens with one attached hydrogen (secondary N) is 1. The Hall–Kier alpha value is -1.36.